The summed E-state index contributed by atoms with van der Waals surface area (Å²) in [4.78, 5) is 18.2. The first-order valence-electron chi connectivity index (χ1n) is 8.20. The zero-order valence-electron chi connectivity index (χ0n) is 13.9. The number of carbonyl (C=O) groups excluding carboxylic acids is 1. The van der Waals surface area contributed by atoms with Crippen molar-refractivity contribution in [1.29, 1.82) is 0 Å². The molecule has 2 aromatic carbocycles. The highest BCUT2D eigenvalue weighted by atomic mass is 16.5. The van der Waals surface area contributed by atoms with Crippen LogP contribution in [0, 0.1) is 6.92 Å². The summed E-state index contributed by atoms with van der Waals surface area (Å²) < 4.78 is 5.45. The second-order valence-electron chi connectivity index (χ2n) is 6.31. The zero-order valence-corrected chi connectivity index (χ0v) is 13.9. The number of carbonyl (C=O) groups is 1. The zero-order chi connectivity index (χ0) is 16.7. The third-order valence-electron chi connectivity index (χ3n) is 4.74. The van der Waals surface area contributed by atoms with E-state index < -0.39 is 0 Å². The number of methoxy groups -OCH3 is 1. The van der Waals surface area contributed by atoms with Crippen molar-refractivity contribution in [3.8, 4) is 5.75 Å². The SMILES string of the molecule is COc1cccc2c3c([nH]c12)CCN(C(=O)c1cccc(C)c1)C3. The number of para-hydroxylation sites is 1. The Hall–Kier alpha value is -2.75. The summed E-state index contributed by atoms with van der Waals surface area (Å²) in [6.45, 7) is 3.38. The fourth-order valence-corrected chi connectivity index (χ4v) is 3.52. The fraction of sp³-hybridized carbons (Fsp3) is 0.250. The average molecular weight is 320 g/mol. The van der Waals surface area contributed by atoms with E-state index in [9.17, 15) is 4.79 Å². The molecule has 24 heavy (non-hydrogen) atoms. The van der Waals surface area contributed by atoms with Gasteiger partial charge in [0.15, 0.2) is 0 Å². The summed E-state index contributed by atoms with van der Waals surface area (Å²) in [6.07, 6.45) is 0.838. The minimum atomic E-state index is 0.0987. The van der Waals surface area contributed by atoms with E-state index in [0.717, 1.165) is 40.7 Å². The standard InChI is InChI=1S/C20H20N2O2/c1-13-5-3-6-14(11-13)20(23)22-10-9-17-16(12-22)15-7-4-8-18(24-2)19(15)21-17/h3-8,11,21H,9-10,12H2,1-2H3. The van der Waals surface area contributed by atoms with E-state index in [4.69, 9.17) is 4.74 Å². The molecule has 1 N–H and O–H groups in total. The van der Waals surface area contributed by atoms with Crippen LogP contribution in [0.1, 0.15) is 27.2 Å². The van der Waals surface area contributed by atoms with E-state index in [0.29, 0.717) is 6.54 Å². The molecule has 122 valence electrons. The molecule has 4 nitrogen and oxygen atoms in total. The van der Waals surface area contributed by atoms with Crippen molar-refractivity contribution >= 4 is 16.8 Å². The molecule has 0 saturated heterocycles. The topological polar surface area (TPSA) is 45.3 Å². The Morgan fingerprint density at radius 1 is 1.21 bits per heavy atom. The lowest BCUT2D eigenvalue weighted by Gasteiger charge is -2.27. The summed E-state index contributed by atoms with van der Waals surface area (Å²) in [6, 6.07) is 13.8. The Morgan fingerprint density at radius 3 is 2.83 bits per heavy atom. The van der Waals surface area contributed by atoms with Crippen LogP contribution in [0.5, 0.6) is 5.75 Å². The van der Waals surface area contributed by atoms with Crippen molar-refractivity contribution in [3.05, 3.63) is 64.8 Å². The molecule has 0 spiro atoms. The number of nitrogens with zero attached hydrogens (tertiary/aromatic N) is 1. The van der Waals surface area contributed by atoms with Crippen LogP contribution in [-0.2, 0) is 13.0 Å². The highest BCUT2D eigenvalue weighted by molar-refractivity contribution is 5.95. The molecular weight excluding hydrogens is 300 g/mol. The third kappa shape index (κ3) is 2.35. The number of aromatic nitrogens is 1. The van der Waals surface area contributed by atoms with Crippen LogP contribution < -0.4 is 4.74 Å². The Balaban J connectivity index is 1.69. The predicted octanol–water partition coefficient (Wildman–Crippen LogP) is 3.68. The molecule has 3 aromatic rings. The first kappa shape index (κ1) is 14.8. The minimum absolute atomic E-state index is 0.0987. The number of ether oxygens (including phenoxy) is 1. The maximum Gasteiger partial charge on any atom is 0.254 e. The molecule has 1 aliphatic rings. The number of hydrogen-bond acceptors (Lipinski definition) is 2. The second-order valence-corrected chi connectivity index (χ2v) is 6.31. The van der Waals surface area contributed by atoms with Gasteiger partial charge >= 0.3 is 0 Å². The molecule has 0 aliphatic carbocycles. The van der Waals surface area contributed by atoms with E-state index >= 15 is 0 Å². The maximum atomic E-state index is 12.8. The molecule has 0 radical (unpaired) electrons. The van der Waals surface area contributed by atoms with Crippen LogP contribution in [0.3, 0.4) is 0 Å². The van der Waals surface area contributed by atoms with Gasteiger partial charge in [0.2, 0.25) is 0 Å². The van der Waals surface area contributed by atoms with E-state index in [1.54, 1.807) is 7.11 Å². The van der Waals surface area contributed by atoms with Crippen molar-refractivity contribution in [2.24, 2.45) is 0 Å². The largest absolute Gasteiger partial charge is 0.495 e. The molecule has 0 unspecified atom stereocenters. The maximum absolute atomic E-state index is 12.8. The molecule has 1 amide bonds. The quantitative estimate of drug-likeness (QED) is 0.783. The van der Waals surface area contributed by atoms with Gasteiger partial charge in [0.05, 0.1) is 12.6 Å². The van der Waals surface area contributed by atoms with Crippen LogP contribution >= 0.6 is 0 Å². The predicted molar refractivity (Wildman–Crippen MR) is 94.5 cm³/mol. The Bertz CT molecular complexity index is 927. The van der Waals surface area contributed by atoms with E-state index in [1.807, 2.05) is 48.2 Å². The summed E-state index contributed by atoms with van der Waals surface area (Å²) in [5.41, 5.74) is 5.31. The number of aromatic amines is 1. The monoisotopic (exact) mass is 320 g/mol. The second kappa shape index (κ2) is 5.71. The van der Waals surface area contributed by atoms with Gasteiger partial charge in [-0.15, -0.1) is 0 Å². The number of H-pyrrole nitrogens is 1. The van der Waals surface area contributed by atoms with Crippen molar-refractivity contribution in [1.82, 2.24) is 9.88 Å². The first-order valence-corrected chi connectivity index (χ1v) is 8.20. The molecule has 0 atom stereocenters. The van der Waals surface area contributed by atoms with Gasteiger partial charge in [0.25, 0.3) is 5.91 Å². The van der Waals surface area contributed by atoms with Crippen LogP contribution in [0.4, 0.5) is 0 Å². The summed E-state index contributed by atoms with van der Waals surface area (Å²) in [5, 5.41) is 1.14. The number of nitrogens with one attached hydrogen (secondary N) is 1. The third-order valence-corrected chi connectivity index (χ3v) is 4.74. The van der Waals surface area contributed by atoms with Crippen molar-refractivity contribution in [2.45, 2.75) is 19.9 Å². The van der Waals surface area contributed by atoms with Crippen LogP contribution in [0.15, 0.2) is 42.5 Å². The normalized spacial score (nSPS) is 13.8. The van der Waals surface area contributed by atoms with E-state index in [1.165, 1.54) is 11.3 Å². The molecule has 0 saturated carbocycles. The molecule has 0 fully saturated rings. The molecular formula is C20H20N2O2. The van der Waals surface area contributed by atoms with Crippen LogP contribution in [0.2, 0.25) is 0 Å². The van der Waals surface area contributed by atoms with Crippen LogP contribution in [0.25, 0.3) is 10.9 Å². The van der Waals surface area contributed by atoms with E-state index in [2.05, 4.69) is 11.1 Å². The van der Waals surface area contributed by atoms with Gasteiger partial charge in [-0.3, -0.25) is 4.79 Å². The molecule has 0 bridgehead atoms. The highest BCUT2D eigenvalue weighted by Gasteiger charge is 2.25. The lowest BCUT2D eigenvalue weighted by Crippen LogP contribution is -2.35. The first-order chi connectivity index (χ1) is 11.7. The molecule has 4 rings (SSSR count). The summed E-state index contributed by atoms with van der Waals surface area (Å²) in [7, 11) is 1.68. The van der Waals surface area contributed by atoms with Crippen molar-refractivity contribution in [2.75, 3.05) is 13.7 Å². The fourth-order valence-electron chi connectivity index (χ4n) is 3.52. The van der Waals surface area contributed by atoms with Gasteiger partial charge in [-0.2, -0.15) is 0 Å². The smallest absolute Gasteiger partial charge is 0.254 e. The summed E-state index contributed by atoms with van der Waals surface area (Å²) >= 11 is 0. The van der Waals surface area contributed by atoms with Crippen molar-refractivity contribution in [3.63, 3.8) is 0 Å². The number of amides is 1. The Morgan fingerprint density at radius 2 is 2.04 bits per heavy atom. The van der Waals surface area contributed by atoms with Gasteiger partial charge < -0.3 is 14.6 Å². The van der Waals surface area contributed by atoms with E-state index in [-0.39, 0.29) is 5.91 Å². The lowest BCUT2D eigenvalue weighted by molar-refractivity contribution is 0.0735. The van der Waals surface area contributed by atoms with Gasteiger partial charge in [0, 0.05) is 41.7 Å². The van der Waals surface area contributed by atoms with Gasteiger partial charge in [-0.05, 0) is 25.1 Å². The van der Waals surface area contributed by atoms with Crippen molar-refractivity contribution < 1.29 is 9.53 Å². The highest BCUT2D eigenvalue weighted by Crippen LogP contribution is 2.33. The number of aryl methyl sites for hydroxylation is 1. The van der Waals surface area contributed by atoms with Gasteiger partial charge in [0.1, 0.15) is 5.75 Å². The van der Waals surface area contributed by atoms with Gasteiger partial charge in [-0.1, -0.05) is 29.8 Å². The number of fused-ring (bicyclic) bond motifs is 3. The van der Waals surface area contributed by atoms with Crippen LogP contribution in [-0.4, -0.2) is 29.4 Å². The number of rotatable bonds is 2. The number of hydrogen-bond donors (Lipinski definition) is 1. The minimum Gasteiger partial charge on any atom is -0.495 e. The van der Waals surface area contributed by atoms with Gasteiger partial charge in [-0.25, -0.2) is 0 Å². The Labute approximate surface area is 141 Å². The summed E-state index contributed by atoms with van der Waals surface area (Å²) in [5.74, 6) is 0.944. The Kier molecular flexibility index (Phi) is 3.53. The average Bonchev–Trinajstić information content (AvgIpc) is 2.99. The molecule has 4 heteroatoms. The molecule has 2 heterocycles. The number of benzene rings is 2. The lowest BCUT2D eigenvalue weighted by atomic mass is 10.0. The molecule has 1 aromatic heterocycles. The molecule has 1 aliphatic heterocycles.